The summed E-state index contributed by atoms with van der Waals surface area (Å²) < 4.78 is 0. The first-order valence-corrected chi connectivity index (χ1v) is 6.40. The lowest BCUT2D eigenvalue weighted by Crippen LogP contribution is -2.12. The first-order chi connectivity index (χ1) is 7.74. The first kappa shape index (κ1) is 12.0. The molecule has 1 aromatic rings. The molecule has 1 aliphatic heterocycles. The highest BCUT2D eigenvalue weighted by atomic mass is 35.5. The largest absolute Gasteiger partial charge is 0.385 e. The van der Waals surface area contributed by atoms with Gasteiger partial charge in [-0.05, 0) is 50.0 Å². The predicted molar refractivity (Wildman–Crippen MR) is 70.5 cm³/mol. The maximum atomic E-state index is 5.92. The summed E-state index contributed by atoms with van der Waals surface area (Å²) in [5, 5.41) is 8.08. The van der Waals surface area contributed by atoms with Gasteiger partial charge in [0.15, 0.2) is 0 Å². The third-order valence-corrected chi connectivity index (χ3v) is 3.34. The average Bonchev–Trinajstić information content (AvgIpc) is 2.69. The van der Waals surface area contributed by atoms with Crippen molar-refractivity contribution in [3.05, 3.63) is 28.2 Å². The van der Waals surface area contributed by atoms with Gasteiger partial charge in [-0.3, -0.25) is 0 Å². The molecule has 1 fully saturated rings. The summed E-state index contributed by atoms with van der Waals surface area (Å²) in [7, 11) is 0. The molecule has 88 valence electrons. The Hall–Kier alpha value is -0.440. The van der Waals surface area contributed by atoms with E-state index in [1.807, 2.05) is 12.1 Å². The lowest BCUT2D eigenvalue weighted by atomic mass is 10.1. The predicted octanol–water partition coefficient (Wildman–Crippen LogP) is 3.40. The molecule has 1 saturated heterocycles. The second kappa shape index (κ2) is 5.76. The molecule has 2 rings (SSSR count). The van der Waals surface area contributed by atoms with Crippen molar-refractivity contribution >= 4 is 28.9 Å². The minimum atomic E-state index is 0.678. The number of hydrogen-bond acceptors (Lipinski definition) is 2. The van der Waals surface area contributed by atoms with Crippen molar-refractivity contribution in [1.29, 1.82) is 0 Å². The van der Waals surface area contributed by atoms with Gasteiger partial charge in [0.1, 0.15) is 0 Å². The molecule has 1 atom stereocenters. The topological polar surface area (TPSA) is 24.1 Å². The number of nitrogens with one attached hydrogen (secondary N) is 2. The van der Waals surface area contributed by atoms with Crippen LogP contribution in [0.2, 0.25) is 10.0 Å². The van der Waals surface area contributed by atoms with Crippen molar-refractivity contribution in [2.45, 2.75) is 12.8 Å². The van der Waals surface area contributed by atoms with E-state index in [0.717, 1.165) is 31.2 Å². The Morgan fingerprint density at radius 3 is 2.62 bits per heavy atom. The number of rotatable bonds is 4. The molecule has 0 spiro atoms. The average molecular weight is 259 g/mol. The van der Waals surface area contributed by atoms with E-state index in [2.05, 4.69) is 10.6 Å². The fourth-order valence-electron chi connectivity index (χ4n) is 2.04. The third-order valence-electron chi connectivity index (χ3n) is 2.91. The summed E-state index contributed by atoms with van der Waals surface area (Å²) in [4.78, 5) is 0. The maximum Gasteiger partial charge on any atom is 0.0441 e. The van der Waals surface area contributed by atoms with E-state index >= 15 is 0 Å². The molecule has 1 unspecified atom stereocenters. The van der Waals surface area contributed by atoms with Crippen LogP contribution in [0.15, 0.2) is 18.2 Å². The summed E-state index contributed by atoms with van der Waals surface area (Å²) in [6, 6.07) is 5.55. The molecule has 16 heavy (non-hydrogen) atoms. The maximum absolute atomic E-state index is 5.92. The minimum Gasteiger partial charge on any atom is -0.385 e. The molecular formula is C12H16Cl2N2. The van der Waals surface area contributed by atoms with Crippen LogP contribution in [-0.2, 0) is 0 Å². The van der Waals surface area contributed by atoms with Gasteiger partial charge in [0.05, 0.1) is 0 Å². The van der Waals surface area contributed by atoms with Gasteiger partial charge in [-0.2, -0.15) is 0 Å². The highest BCUT2D eigenvalue weighted by Crippen LogP contribution is 2.22. The van der Waals surface area contributed by atoms with Crippen LogP contribution in [0.1, 0.15) is 12.8 Å². The Bertz CT molecular complexity index is 329. The van der Waals surface area contributed by atoms with E-state index in [0.29, 0.717) is 10.0 Å². The van der Waals surface area contributed by atoms with Crippen LogP contribution >= 0.6 is 23.2 Å². The van der Waals surface area contributed by atoms with Gasteiger partial charge in [-0.1, -0.05) is 23.2 Å². The zero-order chi connectivity index (χ0) is 11.4. The van der Waals surface area contributed by atoms with Crippen molar-refractivity contribution in [2.24, 2.45) is 5.92 Å². The lowest BCUT2D eigenvalue weighted by molar-refractivity contribution is 0.549. The van der Waals surface area contributed by atoms with Gasteiger partial charge >= 0.3 is 0 Å². The fourth-order valence-corrected chi connectivity index (χ4v) is 2.56. The SMILES string of the molecule is Clc1cc(Cl)cc(NCCC2CCNC2)c1. The highest BCUT2D eigenvalue weighted by Gasteiger charge is 2.13. The number of hydrogen-bond donors (Lipinski definition) is 2. The van der Waals surface area contributed by atoms with Gasteiger partial charge in [-0.25, -0.2) is 0 Å². The molecule has 4 heteroatoms. The van der Waals surface area contributed by atoms with Crippen molar-refractivity contribution in [2.75, 3.05) is 25.0 Å². The Morgan fingerprint density at radius 2 is 2.00 bits per heavy atom. The van der Waals surface area contributed by atoms with Crippen molar-refractivity contribution in [3.63, 3.8) is 0 Å². The molecule has 0 amide bonds. The van der Waals surface area contributed by atoms with Crippen molar-refractivity contribution < 1.29 is 0 Å². The molecule has 0 aromatic heterocycles. The lowest BCUT2D eigenvalue weighted by Gasteiger charge is -2.10. The number of anilines is 1. The van der Waals surface area contributed by atoms with Gasteiger partial charge < -0.3 is 10.6 Å². The van der Waals surface area contributed by atoms with Crippen LogP contribution in [0.25, 0.3) is 0 Å². The van der Waals surface area contributed by atoms with Crippen LogP contribution in [0.4, 0.5) is 5.69 Å². The van der Waals surface area contributed by atoms with E-state index in [1.165, 1.54) is 12.8 Å². The number of halogens is 2. The molecule has 0 saturated carbocycles. The van der Waals surface area contributed by atoms with E-state index in [1.54, 1.807) is 6.07 Å². The van der Waals surface area contributed by atoms with E-state index in [9.17, 15) is 0 Å². The van der Waals surface area contributed by atoms with E-state index in [-0.39, 0.29) is 0 Å². The Kier molecular flexibility index (Phi) is 4.33. The Labute approximate surface area is 106 Å². The van der Waals surface area contributed by atoms with Gasteiger partial charge in [0.25, 0.3) is 0 Å². The van der Waals surface area contributed by atoms with Gasteiger partial charge in [0.2, 0.25) is 0 Å². The Balaban J connectivity index is 1.80. The molecule has 0 bridgehead atoms. The monoisotopic (exact) mass is 258 g/mol. The zero-order valence-corrected chi connectivity index (χ0v) is 10.6. The van der Waals surface area contributed by atoms with E-state index < -0.39 is 0 Å². The van der Waals surface area contributed by atoms with Crippen LogP contribution in [0.3, 0.4) is 0 Å². The number of benzene rings is 1. The van der Waals surface area contributed by atoms with Crippen LogP contribution in [-0.4, -0.2) is 19.6 Å². The summed E-state index contributed by atoms with van der Waals surface area (Å²) in [5.74, 6) is 0.808. The standard InChI is InChI=1S/C12H16Cl2N2/c13-10-5-11(14)7-12(6-10)16-4-2-9-1-3-15-8-9/h5-7,9,15-16H,1-4,8H2. The normalized spacial score (nSPS) is 20.0. The van der Waals surface area contributed by atoms with Crippen LogP contribution in [0, 0.1) is 5.92 Å². The molecule has 2 N–H and O–H groups in total. The molecule has 0 aliphatic carbocycles. The minimum absolute atomic E-state index is 0.678. The second-order valence-corrected chi connectivity index (χ2v) is 5.11. The molecule has 1 heterocycles. The molecule has 2 nitrogen and oxygen atoms in total. The van der Waals surface area contributed by atoms with Crippen LogP contribution < -0.4 is 10.6 Å². The third kappa shape index (κ3) is 3.55. The second-order valence-electron chi connectivity index (χ2n) is 4.23. The summed E-state index contributed by atoms with van der Waals surface area (Å²) >= 11 is 11.8. The molecule has 1 aromatic carbocycles. The van der Waals surface area contributed by atoms with Crippen molar-refractivity contribution in [3.8, 4) is 0 Å². The zero-order valence-electron chi connectivity index (χ0n) is 9.10. The van der Waals surface area contributed by atoms with Gasteiger partial charge in [0, 0.05) is 22.3 Å². The van der Waals surface area contributed by atoms with Gasteiger partial charge in [-0.15, -0.1) is 0 Å². The van der Waals surface area contributed by atoms with Crippen molar-refractivity contribution in [1.82, 2.24) is 5.32 Å². The Morgan fingerprint density at radius 1 is 1.25 bits per heavy atom. The molecule has 1 aliphatic rings. The first-order valence-electron chi connectivity index (χ1n) is 5.65. The fraction of sp³-hybridized carbons (Fsp3) is 0.500. The summed E-state index contributed by atoms with van der Waals surface area (Å²) in [6.45, 7) is 3.29. The van der Waals surface area contributed by atoms with Crippen LogP contribution in [0.5, 0.6) is 0 Å². The summed E-state index contributed by atoms with van der Waals surface area (Å²) in [6.07, 6.45) is 2.48. The molecular weight excluding hydrogens is 243 g/mol. The quantitative estimate of drug-likeness (QED) is 0.865. The smallest absolute Gasteiger partial charge is 0.0441 e. The van der Waals surface area contributed by atoms with E-state index in [4.69, 9.17) is 23.2 Å². The highest BCUT2D eigenvalue weighted by molar-refractivity contribution is 6.35. The summed E-state index contributed by atoms with van der Waals surface area (Å²) in [5.41, 5.74) is 1.00. The molecule has 0 radical (unpaired) electrons.